The molecule has 0 bridgehead atoms. The molecule has 0 heterocycles. The van der Waals surface area contributed by atoms with Gasteiger partial charge in [-0.05, 0) is 37.1 Å². The molecule has 4 heteroatoms. The number of anilines is 1. The monoisotopic (exact) mass is 246 g/mol. The second-order valence-electron chi connectivity index (χ2n) is 4.97. The minimum Gasteiger partial charge on any atom is -0.349 e. The van der Waals surface area contributed by atoms with Crippen molar-refractivity contribution in [3.63, 3.8) is 0 Å². The molecule has 0 spiro atoms. The van der Waals surface area contributed by atoms with Crippen molar-refractivity contribution in [1.29, 1.82) is 0 Å². The predicted molar refractivity (Wildman–Crippen MR) is 70.4 cm³/mol. The number of amides is 2. The molecule has 1 aromatic rings. The van der Waals surface area contributed by atoms with Gasteiger partial charge in [0, 0.05) is 23.2 Å². The third-order valence-corrected chi connectivity index (χ3v) is 2.85. The zero-order chi connectivity index (χ0) is 13.1. The lowest BCUT2D eigenvalue weighted by Crippen LogP contribution is -2.25. The zero-order valence-corrected chi connectivity index (χ0v) is 10.7. The summed E-state index contributed by atoms with van der Waals surface area (Å²) >= 11 is 0. The van der Waals surface area contributed by atoms with Crippen LogP contribution in [0.2, 0.25) is 0 Å². The second-order valence-corrected chi connectivity index (χ2v) is 4.97. The number of hydrogen-bond donors (Lipinski definition) is 2. The Hall–Kier alpha value is -1.84. The highest BCUT2D eigenvalue weighted by molar-refractivity contribution is 5.96. The molecule has 1 aliphatic carbocycles. The second kappa shape index (κ2) is 5.21. The predicted octanol–water partition coefficient (Wildman–Crippen LogP) is 2.17. The van der Waals surface area contributed by atoms with E-state index in [1.54, 1.807) is 24.3 Å². The number of nitrogens with one attached hydrogen (secondary N) is 2. The van der Waals surface area contributed by atoms with Crippen LogP contribution in [0.3, 0.4) is 0 Å². The van der Waals surface area contributed by atoms with Gasteiger partial charge in [-0.3, -0.25) is 9.59 Å². The summed E-state index contributed by atoms with van der Waals surface area (Å²) in [6.07, 6.45) is 2.16. The quantitative estimate of drug-likeness (QED) is 0.855. The maximum atomic E-state index is 11.7. The molecule has 18 heavy (non-hydrogen) atoms. The first-order valence-corrected chi connectivity index (χ1v) is 6.28. The molecule has 0 unspecified atom stereocenters. The van der Waals surface area contributed by atoms with E-state index in [1.165, 1.54) is 0 Å². The molecule has 96 valence electrons. The Labute approximate surface area is 107 Å². The summed E-state index contributed by atoms with van der Waals surface area (Å²) in [6.45, 7) is 3.68. The van der Waals surface area contributed by atoms with Crippen molar-refractivity contribution < 1.29 is 9.59 Å². The highest BCUT2D eigenvalue weighted by Crippen LogP contribution is 2.19. The maximum Gasteiger partial charge on any atom is 0.251 e. The van der Waals surface area contributed by atoms with Gasteiger partial charge in [0.15, 0.2) is 0 Å². The fourth-order valence-electron chi connectivity index (χ4n) is 1.49. The van der Waals surface area contributed by atoms with E-state index in [-0.39, 0.29) is 17.7 Å². The van der Waals surface area contributed by atoms with Crippen molar-refractivity contribution >= 4 is 17.5 Å². The summed E-state index contributed by atoms with van der Waals surface area (Å²) in [4.78, 5) is 23.2. The van der Waals surface area contributed by atoms with Crippen molar-refractivity contribution in [2.45, 2.75) is 32.7 Å². The van der Waals surface area contributed by atoms with Crippen LogP contribution in [0.5, 0.6) is 0 Å². The molecule has 1 aliphatic rings. The molecule has 2 amide bonds. The lowest BCUT2D eigenvalue weighted by molar-refractivity contribution is -0.118. The van der Waals surface area contributed by atoms with Crippen LogP contribution in [0.4, 0.5) is 5.69 Å². The summed E-state index contributed by atoms with van der Waals surface area (Å²) in [5.74, 6) is -0.118. The first-order valence-electron chi connectivity index (χ1n) is 6.28. The highest BCUT2D eigenvalue weighted by atomic mass is 16.2. The summed E-state index contributed by atoms with van der Waals surface area (Å²) in [7, 11) is 0. The van der Waals surface area contributed by atoms with E-state index in [0.29, 0.717) is 11.6 Å². The molecular formula is C14H18N2O2. The molecule has 1 aromatic carbocycles. The van der Waals surface area contributed by atoms with E-state index in [1.807, 2.05) is 13.8 Å². The summed E-state index contributed by atoms with van der Waals surface area (Å²) < 4.78 is 0. The van der Waals surface area contributed by atoms with E-state index in [4.69, 9.17) is 0 Å². The van der Waals surface area contributed by atoms with Crippen LogP contribution in [0.1, 0.15) is 37.0 Å². The highest BCUT2D eigenvalue weighted by Gasteiger charge is 2.23. The molecule has 1 saturated carbocycles. The average molecular weight is 246 g/mol. The van der Waals surface area contributed by atoms with Gasteiger partial charge in [0.2, 0.25) is 5.91 Å². The molecular weight excluding hydrogens is 228 g/mol. The average Bonchev–Trinajstić information content (AvgIpc) is 3.13. The molecule has 2 N–H and O–H groups in total. The van der Waals surface area contributed by atoms with Gasteiger partial charge in [0.25, 0.3) is 5.91 Å². The molecule has 2 rings (SSSR count). The van der Waals surface area contributed by atoms with Crippen molar-refractivity contribution in [2.24, 2.45) is 5.92 Å². The summed E-state index contributed by atoms with van der Waals surface area (Å²) in [5.41, 5.74) is 1.35. The van der Waals surface area contributed by atoms with Crippen LogP contribution in [0.15, 0.2) is 24.3 Å². The van der Waals surface area contributed by atoms with Crippen LogP contribution >= 0.6 is 0 Å². The van der Waals surface area contributed by atoms with Gasteiger partial charge in [-0.15, -0.1) is 0 Å². The molecule has 0 aliphatic heterocycles. The third-order valence-electron chi connectivity index (χ3n) is 2.85. The number of carbonyl (C=O) groups excluding carboxylic acids is 2. The number of benzene rings is 1. The van der Waals surface area contributed by atoms with E-state index in [0.717, 1.165) is 18.5 Å². The van der Waals surface area contributed by atoms with Gasteiger partial charge >= 0.3 is 0 Å². The number of carbonyl (C=O) groups is 2. The fraction of sp³-hybridized carbons (Fsp3) is 0.429. The first kappa shape index (κ1) is 12.6. The molecule has 0 atom stereocenters. The third kappa shape index (κ3) is 3.32. The lowest BCUT2D eigenvalue weighted by Gasteiger charge is -2.08. The van der Waals surface area contributed by atoms with Crippen LogP contribution in [-0.2, 0) is 4.79 Å². The van der Waals surface area contributed by atoms with Gasteiger partial charge in [0.05, 0.1) is 0 Å². The normalized spacial score (nSPS) is 14.4. The van der Waals surface area contributed by atoms with Crippen molar-refractivity contribution in [3.8, 4) is 0 Å². The molecule has 0 aromatic heterocycles. The maximum absolute atomic E-state index is 11.7. The van der Waals surface area contributed by atoms with Crippen molar-refractivity contribution in [1.82, 2.24) is 5.32 Å². The Balaban J connectivity index is 1.96. The smallest absolute Gasteiger partial charge is 0.251 e. The van der Waals surface area contributed by atoms with Crippen LogP contribution in [0.25, 0.3) is 0 Å². The molecule has 1 fully saturated rings. The molecule has 0 saturated heterocycles. The van der Waals surface area contributed by atoms with Crippen LogP contribution in [-0.4, -0.2) is 17.9 Å². The van der Waals surface area contributed by atoms with Crippen molar-refractivity contribution in [2.75, 3.05) is 5.32 Å². The SMILES string of the molecule is CC(C)C(=O)Nc1ccc(C(=O)NC2CC2)cc1. The Bertz CT molecular complexity index is 447. The minimum absolute atomic E-state index is 0.0230. The molecule has 0 radical (unpaired) electrons. The van der Waals surface area contributed by atoms with E-state index < -0.39 is 0 Å². The lowest BCUT2D eigenvalue weighted by atomic mass is 10.1. The first-order chi connectivity index (χ1) is 8.56. The Kier molecular flexibility index (Phi) is 3.65. The van der Waals surface area contributed by atoms with Crippen molar-refractivity contribution in [3.05, 3.63) is 29.8 Å². The standard InChI is InChI=1S/C14H18N2O2/c1-9(2)13(17)15-11-5-3-10(4-6-11)14(18)16-12-7-8-12/h3-6,9,12H,7-8H2,1-2H3,(H,15,17)(H,16,18). The summed E-state index contributed by atoms with van der Waals surface area (Å²) in [5, 5.41) is 5.71. The minimum atomic E-state index is -0.0529. The van der Waals surface area contributed by atoms with Gasteiger partial charge in [-0.1, -0.05) is 13.8 Å². The topological polar surface area (TPSA) is 58.2 Å². The van der Waals surface area contributed by atoms with E-state index >= 15 is 0 Å². The Morgan fingerprint density at radius 1 is 1.17 bits per heavy atom. The van der Waals surface area contributed by atoms with Gasteiger partial charge in [-0.2, -0.15) is 0 Å². The summed E-state index contributed by atoms with van der Waals surface area (Å²) in [6, 6.07) is 7.32. The molecule has 4 nitrogen and oxygen atoms in total. The van der Waals surface area contributed by atoms with E-state index in [2.05, 4.69) is 10.6 Å². The van der Waals surface area contributed by atoms with Gasteiger partial charge in [0.1, 0.15) is 0 Å². The zero-order valence-electron chi connectivity index (χ0n) is 10.7. The fourth-order valence-corrected chi connectivity index (χ4v) is 1.49. The van der Waals surface area contributed by atoms with Crippen LogP contribution in [0, 0.1) is 5.92 Å². The van der Waals surface area contributed by atoms with Crippen LogP contribution < -0.4 is 10.6 Å². The number of hydrogen-bond acceptors (Lipinski definition) is 2. The largest absolute Gasteiger partial charge is 0.349 e. The van der Waals surface area contributed by atoms with Gasteiger partial charge < -0.3 is 10.6 Å². The Morgan fingerprint density at radius 3 is 2.28 bits per heavy atom. The number of rotatable bonds is 4. The Morgan fingerprint density at radius 2 is 1.78 bits per heavy atom. The van der Waals surface area contributed by atoms with E-state index in [9.17, 15) is 9.59 Å². The van der Waals surface area contributed by atoms with Gasteiger partial charge in [-0.25, -0.2) is 0 Å².